The van der Waals surface area contributed by atoms with E-state index in [0.29, 0.717) is 24.1 Å². The number of benzene rings is 1. The van der Waals surface area contributed by atoms with E-state index in [0.717, 1.165) is 12.0 Å². The molecule has 100 valence electrons. The summed E-state index contributed by atoms with van der Waals surface area (Å²) in [6.45, 7) is 8.95. The fraction of sp³-hybridized carbons (Fsp3) is 0.571. The Morgan fingerprint density at radius 2 is 2.06 bits per heavy atom. The minimum atomic E-state index is -0.322. The van der Waals surface area contributed by atoms with E-state index in [2.05, 4.69) is 26.1 Å². The van der Waals surface area contributed by atoms with E-state index < -0.39 is 0 Å². The molecule has 0 radical (unpaired) electrons. The number of hydrogen-bond acceptors (Lipinski definition) is 3. The van der Waals surface area contributed by atoms with Gasteiger partial charge in [-0.05, 0) is 25.3 Å². The summed E-state index contributed by atoms with van der Waals surface area (Å²) in [6, 6.07) is 5.82. The molecule has 1 aromatic rings. The molecule has 1 N–H and O–H groups in total. The summed E-state index contributed by atoms with van der Waals surface area (Å²) < 4.78 is 0. The van der Waals surface area contributed by atoms with Crippen LogP contribution in [0.15, 0.2) is 18.2 Å². The third-order valence-corrected chi connectivity index (χ3v) is 3.60. The van der Waals surface area contributed by atoms with Gasteiger partial charge in [0.1, 0.15) is 0 Å². The Bertz CT molecular complexity index is 418. The largest absolute Gasteiger partial charge is 0.310 e. The van der Waals surface area contributed by atoms with Crippen molar-refractivity contribution < 1.29 is 4.92 Å². The van der Waals surface area contributed by atoms with Crippen molar-refractivity contribution in [2.75, 3.05) is 0 Å². The number of nitro groups is 1. The summed E-state index contributed by atoms with van der Waals surface area (Å²) >= 11 is 0. The molecular formula is C14H22N2O2. The number of nitrogens with one attached hydrogen (secondary N) is 1. The van der Waals surface area contributed by atoms with Crippen molar-refractivity contribution in [2.45, 2.75) is 46.7 Å². The number of hydrogen-bond donors (Lipinski definition) is 1. The van der Waals surface area contributed by atoms with Gasteiger partial charge in [-0.15, -0.1) is 0 Å². The van der Waals surface area contributed by atoms with Crippen molar-refractivity contribution >= 4 is 5.69 Å². The van der Waals surface area contributed by atoms with E-state index in [-0.39, 0.29) is 10.6 Å². The molecule has 0 aliphatic rings. The predicted octanol–water partition coefficient (Wildman–Crippen LogP) is 3.43. The van der Waals surface area contributed by atoms with Crippen LogP contribution in [0.25, 0.3) is 0 Å². The van der Waals surface area contributed by atoms with Crippen molar-refractivity contribution in [3.63, 3.8) is 0 Å². The standard InChI is InChI=1S/C14H22N2O2/c1-5-10(2)12(4)15-9-13-7-6-11(3)14(8-13)16(17)18/h6-8,10,12,15H,5,9H2,1-4H3. The minimum absolute atomic E-state index is 0.200. The molecule has 4 heteroatoms. The van der Waals surface area contributed by atoms with Crippen LogP contribution in [0.2, 0.25) is 0 Å². The van der Waals surface area contributed by atoms with Crippen LogP contribution in [0.3, 0.4) is 0 Å². The zero-order chi connectivity index (χ0) is 13.7. The first-order valence-electron chi connectivity index (χ1n) is 6.43. The first-order valence-corrected chi connectivity index (χ1v) is 6.43. The third-order valence-electron chi connectivity index (χ3n) is 3.60. The van der Waals surface area contributed by atoms with Gasteiger partial charge in [-0.25, -0.2) is 0 Å². The Morgan fingerprint density at radius 1 is 1.39 bits per heavy atom. The van der Waals surface area contributed by atoms with E-state index in [9.17, 15) is 10.1 Å². The molecule has 0 saturated carbocycles. The highest BCUT2D eigenvalue weighted by molar-refractivity contribution is 5.42. The smallest absolute Gasteiger partial charge is 0.272 e. The number of nitro benzene ring substituents is 1. The minimum Gasteiger partial charge on any atom is -0.310 e. The second-order valence-electron chi connectivity index (χ2n) is 4.93. The van der Waals surface area contributed by atoms with E-state index in [1.807, 2.05) is 12.1 Å². The molecule has 0 fully saturated rings. The Balaban J connectivity index is 2.69. The van der Waals surface area contributed by atoms with Crippen molar-refractivity contribution in [3.8, 4) is 0 Å². The van der Waals surface area contributed by atoms with Crippen LogP contribution in [-0.4, -0.2) is 11.0 Å². The maximum Gasteiger partial charge on any atom is 0.272 e. The molecular weight excluding hydrogens is 228 g/mol. The molecule has 0 spiro atoms. The van der Waals surface area contributed by atoms with Gasteiger partial charge in [-0.3, -0.25) is 10.1 Å². The van der Waals surface area contributed by atoms with E-state index in [1.165, 1.54) is 0 Å². The lowest BCUT2D eigenvalue weighted by atomic mass is 10.0. The maximum absolute atomic E-state index is 10.9. The van der Waals surface area contributed by atoms with Gasteiger partial charge in [0.25, 0.3) is 5.69 Å². The van der Waals surface area contributed by atoms with Gasteiger partial charge in [0.15, 0.2) is 0 Å². The fourth-order valence-electron chi connectivity index (χ4n) is 1.80. The van der Waals surface area contributed by atoms with Gasteiger partial charge in [-0.1, -0.05) is 32.4 Å². The average Bonchev–Trinajstić information content (AvgIpc) is 2.36. The number of nitrogens with zero attached hydrogens (tertiary/aromatic N) is 1. The Morgan fingerprint density at radius 3 is 2.61 bits per heavy atom. The van der Waals surface area contributed by atoms with Gasteiger partial charge in [0.05, 0.1) is 4.92 Å². The lowest BCUT2D eigenvalue weighted by Gasteiger charge is -2.19. The van der Waals surface area contributed by atoms with Gasteiger partial charge < -0.3 is 5.32 Å². The molecule has 1 rings (SSSR count). The molecule has 2 atom stereocenters. The Labute approximate surface area is 109 Å². The first kappa shape index (κ1) is 14.6. The second-order valence-corrected chi connectivity index (χ2v) is 4.93. The van der Waals surface area contributed by atoms with Crippen LogP contribution in [0.1, 0.15) is 38.3 Å². The zero-order valence-electron chi connectivity index (χ0n) is 11.6. The zero-order valence-corrected chi connectivity index (χ0v) is 11.6. The SMILES string of the molecule is CCC(C)C(C)NCc1ccc(C)c([N+](=O)[O-])c1. The van der Waals surface area contributed by atoms with Crippen LogP contribution >= 0.6 is 0 Å². The van der Waals surface area contributed by atoms with Gasteiger partial charge in [0.2, 0.25) is 0 Å². The van der Waals surface area contributed by atoms with Crippen molar-refractivity contribution in [2.24, 2.45) is 5.92 Å². The van der Waals surface area contributed by atoms with Gasteiger partial charge in [0, 0.05) is 24.2 Å². The summed E-state index contributed by atoms with van der Waals surface area (Å²) in [7, 11) is 0. The lowest BCUT2D eigenvalue weighted by molar-refractivity contribution is -0.385. The molecule has 0 aliphatic carbocycles. The molecule has 0 aliphatic heterocycles. The van der Waals surface area contributed by atoms with E-state index >= 15 is 0 Å². The third kappa shape index (κ3) is 3.81. The van der Waals surface area contributed by atoms with Crippen LogP contribution < -0.4 is 5.32 Å². The topological polar surface area (TPSA) is 55.2 Å². The molecule has 1 aromatic carbocycles. The summed E-state index contributed by atoms with van der Waals surface area (Å²) in [6.07, 6.45) is 1.13. The highest BCUT2D eigenvalue weighted by Gasteiger charge is 2.12. The van der Waals surface area contributed by atoms with E-state index in [1.54, 1.807) is 13.0 Å². The predicted molar refractivity (Wildman–Crippen MR) is 73.6 cm³/mol. The van der Waals surface area contributed by atoms with Crippen molar-refractivity contribution in [3.05, 3.63) is 39.4 Å². The lowest BCUT2D eigenvalue weighted by Crippen LogP contribution is -2.31. The average molecular weight is 250 g/mol. The number of rotatable bonds is 6. The van der Waals surface area contributed by atoms with Crippen molar-refractivity contribution in [1.29, 1.82) is 0 Å². The fourth-order valence-corrected chi connectivity index (χ4v) is 1.80. The summed E-state index contributed by atoms with van der Waals surface area (Å²) in [5.74, 6) is 0.602. The Kier molecular flexibility index (Phi) is 5.28. The van der Waals surface area contributed by atoms with E-state index in [4.69, 9.17) is 0 Å². The molecule has 0 saturated heterocycles. The molecule has 2 unspecified atom stereocenters. The van der Waals surface area contributed by atoms with Crippen molar-refractivity contribution in [1.82, 2.24) is 5.32 Å². The van der Waals surface area contributed by atoms with Gasteiger partial charge >= 0.3 is 0 Å². The molecule has 0 amide bonds. The van der Waals surface area contributed by atoms with Crippen LogP contribution in [0.5, 0.6) is 0 Å². The van der Waals surface area contributed by atoms with Gasteiger partial charge in [-0.2, -0.15) is 0 Å². The quantitative estimate of drug-likeness (QED) is 0.621. The Hall–Kier alpha value is -1.42. The summed E-state index contributed by atoms with van der Waals surface area (Å²) in [5, 5.41) is 14.3. The highest BCUT2D eigenvalue weighted by Crippen LogP contribution is 2.19. The van der Waals surface area contributed by atoms with Crippen LogP contribution in [0, 0.1) is 23.0 Å². The molecule has 4 nitrogen and oxygen atoms in total. The van der Waals surface area contributed by atoms with Crippen LogP contribution in [-0.2, 0) is 6.54 Å². The maximum atomic E-state index is 10.9. The molecule has 0 bridgehead atoms. The highest BCUT2D eigenvalue weighted by atomic mass is 16.6. The first-order chi connectivity index (χ1) is 8.45. The molecule has 18 heavy (non-hydrogen) atoms. The monoisotopic (exact) mass is 250 g/mol. The molecule has 0 heterocycles. The van der Waals surface area contributed by atoms with Crippen LogP contribution in [0.4, 0.5) is 5.69 Å². The number of aryl methyl sites for hydroxylation is 1. The normalized spacial score (nSPS) is 14.2. The molecule has 0 aromatic heterocycles. The summed E-state index contributed by atoms with van der Waals surface area (Å²) in [5.41, 5.74) is 1.87. The summed E-state index contributed by atoms with van der Waals surface area (Å²) in [4.78, 5) is 10.5. The second kappa shape index (κ2) is 6.50.